The van der Waals surface area contributed by atoms with Crippen LogP contribution in [0.25, 0.3) is 0 Å². The zero-order valence-corrected chi connectivity index (χ0v) is 8.96. The van der Waals surface area contributed by atoms with Gasteiger partial charge in [0, 0.05) is 19.5 Å². The molecule has 0 aromatic carbocycles. The second-order valence-corrected chi connectivity index (χ2v) is 4.30. The highest BCUT2D eigenvalue weighted by molar-refractivity contribution is 6.17. The van der Waals surface area contributed by atoms with Crippen LogP contribution >= 0.6 is 11.6 Å². The summed E-state index contributed by atoms with van der Waals surface area (Å²) in [5.41, 5.74) is 0.410. The molecule has 0 amide bonds. The Kier molecular flexibility index (Phi) is 2.58. The van der Waals surface area contributed by atoms with Gasteiger partial charge in [0.05, 0.1) is 0 Å². The number of aryl methyl sites for hydroxylation is 1. The highest BCUT2D eigenvalue weighted by Crippen LogP contribution is 2.48. The van der Waals surface area contributed by atoms with Crippen LogP contribution in [0.2, 0.25) is 0 Å². The van der Waals surface area contributed by atoms with Crippen molar-refractivity contribution in [2.75, 3.05) is 17.7 Å². The summed E-state index contributed by atoms with van der Waals surface area (Å²) in [7, 11) is 1.82. The second-order valence-electron chi connectivity index (χ2n) is 3.92. The Bertz CT molecular complexity index is 306. The Morgan fingerprint density at radius 2 is 2.36 bits per heavy atom. The van der Waals surface area contributed by atoms with Gasteiger partial charge in [0.1, 0.15) is 0 Å². The average molecular weight is 216 g/mol. The minimum atomic E-state index is 0.410. The topological polar surface area (TPSA) is 55.6 Å². The molecule has 1 aromatic heterocycles. The van der Waals surface area contributed by atoms with Gasteiger partial charge < -0.3 is 5.32 Å². The number of nitrogens with one attached hydrogen (secondary N) is 1. The summed E-state index contributed by atoms with van der Waals surface area (Å²) >= 11 is 5.74. The maximum Gasteiger partial charge on any atom is 0.242 e. The zero-order valence-electron chi connectivity index (χ0n) is 8.20. The van der Waals surface area contributed by atoms with Crippen molar-refractivity contribution >= 4 is 17.5 Å². The molecule has 0 saturated heterocycles. The molecule has 5 nitrogen and oxygen atoms in total. The van der Waals surface area contributed by atoms with Gasteiger partial charge in [0.25, 0.3) is 0 Å². The Morgan fingerprint density at radius 1 is 1.57 bits per heavy atom. The molecule has 1 saturated carbocycles. The maximum absolute atomic E-state index is 5.74. The van der Waals surface area contributed by atoms with Gasteiger partial charge in [-0.15, -0.1) is 11.6 Å². The number of rotatable bonds is 5. The monoisotopic (exact) mass is 215 g/mol. The van der Waals surface area contributed by atoms with Gasteiger partial charge in [-0.2, -0.15) is 0 Å². The predicted octanol–water partition coefficient (Wildman–Crippen LogP) is 1.03. The highest BCUT2D eigenvalue weighted by Gasteiger charge is 2.41. The summed E-state index contributed by atoms with van der Waals surface area (Å²) in [6.07, 6.45) is 3.60. The molecule has 6 heteroatoms. The van der Waals surface area contributed by atoms with Crippen LogP contribution in [0.4, 0.5) is 5.95 Å². The average Bonchev–Trinajstić information content (AvgIpc) is 2.81. The SMILES string of the molecule is Cn1nnnc1NCC1(CCCl)CC1. The number of hydrogen-bond donors (Lipinski definition) is 1. The van der Waals surface area contributed by atoms with E-state index in [0.29, 0.717) is 5.41 Å². The first-order valence-electron chi connectivity index (χ1n) is 4.78. The molecule has 0 spiro atoms. The smallest absolute Gasteiger partial charge is 0.242 e. The molecule has 0 radical (unpaired) electrons. The fourth-order valence-electron chi connectivity index (χ4n) is 1.54. The van der Waals surface area contributed by atoms with Crippen LogP contribution in [-0.2, 0) is 7.05 Å². The van der Waals surface area contributed by atoms with E-state index < -0.39 is 0 Å². The number of tetrazole rings is 1. The van der Waals surface area contributed by atoms with Crippen LogP contribution in [0.3, 0.4) is 0 Å². The molecule has 1 aliphatic carbocycles. The summed E-state index contributed by atoms with van der Waals surface area (Å²) in [4.78, 5) is 0. The summed E-state index contributed by atoms with van der Waals surface area (Å²) in [5.74, 6) is 1.46. The maximum atomic E-state index is 5.74. The van der Waals surface area contributed by atoms with E-state index in [1.165, 1.54) is 12.8 Å². The molecule has 1 aliphatic rings. The fourth-order valence-corrected chi connectivity index (χ4v) is 1.94. The molecule has 0 atom stereocenters. The number of anilines is 1. The summed E-state index contributed by atoms with van der Waals surface area (Å²) in [6, 6.07) is 0. The van der Waals surface area contributed by atoms with Crippen LogP contribution in [0.5, 0.6) is 0 Å². The Balaban J connectivity index is 1.86. The van der Waals surface area contributed by atoms with E-state index in [0.717, 1.165) is 24.8 Å². The van der Waals surface area contributed by atoms with E-state index in [1.807, 2.05) is 7.05 Å². The lowest BCUT2D eigenvalue weighted by atomic mass is 10.0. The van der Waals surface area contributed by atoms with Crippen molar-refractivity contribution in [3.8, 4) is 0 Å². The molecule has 1 fully saturated rings. The molecule has 14 heavy (non-hydrogen) atoms. The molecule has 0 bridgehead atoms. The predicted molar refractivity (Wildman–Crippen MR) is 54.3 cm³/mol. The molecule has 0 unspecified atom stereocenters. The third kappa shape index (κ3) is 1.97. The van der Waals surface area contributed by atoms with E-state index in [1.54, 1.807) is 4.68 Å². The van der Waals surface area contributed by atoms with Crippen LogP contribution < -0.4 is 5.32 Å². The number of hydrogen-bond acceptors (Lipinski definition) is 4. The number of nitrogens with zero attached hydrogens (tertiary/aromatic N) is 4. The lowest BCUT2D eigenvalue weighted by molar-refractivity contribution is 0.521. The van der Waals surface area contributed by atoms with Crippen LogP contribution in [0, 0.1) is 5.41 Å². The number of alkyl halides is 1. The van der Waals surface area contributed by atoms with Gasteiger partial charge in [0.2, 0.25) is 5.95 Å². The second kappa shape index (κ2) is 3.73. The van der Waals surface area contributed by atoms with E-state index >= 15 is 0 Å². The summed E-state index contributed by atoms with van der Waals surface area (Å²) < 4.78 is 1.64. The van der Waals surface area contributed by atoms with Crippen molar-refractivity contribution in [3.05, 3.63) is 0 Å². The lowest BCUT2D eigenvalue weighted by Crippen LogP contribution is -2.18. The summed E-state index contributed by atoms with van der Waals surface area (Å²) in [6.45, 7) is 0.925. The number of aromatic nitrogens is 4. The van der Waals surface area contributed by atoms with Crippen LogP contribution in [0.15, 0.2) is 0 Å². The van der Waals surface area contributed by atoms with Crippen molar-refractivity contribution < 1.29 is 0 Å². The molecule has 1 aromatic rings. The molecule has 78 valence electrons. The van der Waals surface area contributed by atoms with E-state index in [-0.39, 0.29) is 0 Å². The van der Waals surface area contributed by atoms with Crippen LogP contribution in [-0.4, -0.2) is 32.6 Å². The standard InChI is InChI=1S/C8H14ClN5/c1-14-7(11-12-13-14)10-6-8(2-3-8)4-5-9/h2-6H2,1H3,(H,10,11,13). The minimum Gasteiger partial charge on any atom is -0.353 e. The molecule has 1 N–H and O–H groups in total. The van der Waals surface area contributed by atoms with E-state index in [9.17, 15) is 0 Å². The largest absolute Gasteiger partial charge is 0.353 e. The molecule has 0 aliphatic heterocycles. The Labute approximate surface area is 87.8 Å². The van der Waals surface area contributed by atoms with E-state index in [2.05, 4.69) is 20.8 Å². The fraction of sp³-hybridized carbons (Fsp3) is 0.875. The summed E-state index contributed by atoms with van der Waals surface area (Å²) in [5, 5.41) is 14.4. The Morgan fingerprint density at radius 3 is 2.86 bits per heavy atom. The van der Waals surface area contributed by atoms with Gasteiger partial charge in [-0.25, -0.2) is 4.68 Å². The van der Waals surface area contributed by atoms with Gasteiger partial charge in [-0.05, 0) is 35.1 Å². The molecular formula is C8H14ClN5. The molecule has 2 rings (SSSR count). The number of halogens is 1. The quantitative estimate of drug-likeness (QED) is 0.746. The lowest BCUT2D eigenvalue weighted by Gasteiger charge is -2.13. The first-order valence-corrected chi connectivity index (χ1v) is 5.31. The third-order valence-corrected chi connectivity index (χ3v) is 3.01. The van der Waals surface area contributed by atoms with Crippen molar-refractivity contribution in [1.29, 1.82) is 0 Å². The van der Waals surface area contributed by atoms with Crippen molar-refractivity contribution in [2.24, 2.45) is 12.5 Å². The Hall–Kier alpha value is -0.840. The zero-order chi connectivity index (χ0) is 10.0. The minimum absolute atomic E-state index is 0.410. The third-order valence-electron chi connectivity index (χ3n) is 2.82. The molecular weight excluding hydrogens is 202 g/mol. The van der Waals surface area contributed by atoms with Crippen molar-refractivity contribution in [3.63, 3.8) is 0 Å². The first kappa shape index (κ1) is 9.71. The van der Waals surface area contributed by atoms with Crippen molar-refractivity contribution in [1.82, 2.24) is 20.2 Å². The normalized spacial score (nSPS) is 18.1. The highest BCUT2D eigenvalue weighted by atomic mass is 35.5. The van der Waals surface area contributed by atoms with Gasteiger partial charge in [-0.1, -0.05) is 5.10 Å². The van der Waals surface area contributed by atoms with Crippen molar-refractivity contribution in [2.45, 2.75) is 19.3 Å². The molecule has 1 heterocycles. The first-order chi connectivity index (χ1) is 6.76. The van der Waals surface area contributed by atoms with Crippen LogP contribution in [0.1, 0.15) is 19.3 Å². The van der Waals surface area contributed by atoms with Gasteiger partial charge in [-0.3, -0.25) is 0 Å². The van der Waals surface area contributed by atoms with Gasteiger partial charge >= 0.3 is 0 Å². The van der Waals surface area contributed by atoms with Gasteiger partial charge in [0.15, 0.2) is 0 Å². The van der Waals surface area contributed by atoms with E-state index in [4.69, 9.17) is 11.6 Å².